The van der Waals surface area contributed by atoms with Crippen LogP contribution in [0.3, 0.4) is 0 Å². The number of hydrogen-bond donors (Lipinski definition) is 1. The van der Waals surface area contributed by atoms with Gasteiger partial charge in [-0.3, -0.25) is 0 Å². The summed E-state index contributed by atoms with van der Waals surface area (Å²) in [5, 5.41) is 4.13. The minimum Gasteiger partial charge on any atom is -0.373 e. The zero-order valence-corrected chi connectivity index (χ0v) is 9.82. The number of aryl methyl sites for hydroxylation is 1. The molecule has 0 saturated heterocycles. The van der Waals surface area contributed by atoms with E-state index in [1.165, 1.54) is 6.42 Å². The smallest absolute Gasteiger partial charge is 0.131 e. The largest absolute Gasteiger partial charge is 0.373 e. The highest BCUT2D eigenvalue weighted by atomic mass is 32.2. The molecule has 0 aliphatic heterocycles. The molecule has 0 radical (unpaired) electrons. The summed E-state index contributed by atoms with van der Waals surface area (Å²) in [7, 11) is 1.88. The van der Waals surface area contributed by atoms with Gasteiger partial charge >= 0.3 is 0 Å². The molecule has 1 rings (SSSR count). The molecule has 3 nitrogen and oxygen atoms in total. The fourth-order valence-electron chi connectivity index (χ4n) is 1.04. The van der Waals surface area contributed by atoms with Crippen LogP contribution in [0.2, 0.25) is 0 Å². The van der Waals surface area contributed by atoms with Crippen molar-refractivity contribution in [2.45, 2.75) is 31.7 Å². The Balaban J connectivity index is 2.81. The molecule has 0 bridgehead atoms. The van der Waals surface area contributed by atoms with Gasteiger partial charge in [0.15, 0.2) is 0 Å². The fraction of sp³-hybridized carbons (Fsp3) is 0.600. The molecule has 1 heterocycles. The summed E-state index contributed by atoms with van der Waals surface area (Å²) in [5.41, 5.74) is 0. The van der Waals surface area contributed by atoms with E-state index >= 15 is 0 Å². The maximum absolute atomic E-state index is 4.45. The van der Waals surface area contributed by atoms with Gasteiger partial charge in [-0.2, -0.15) is 0 Å². The fourth-order valence-corrected chi connectivity index (χ4v) is 1.82. The highest BCUT2D eigenvalue weighted by Crippen LogP contribution is 2.19. The van der Waals surface area contributed by atoms with Crippen LogP contribution in [-0.2, 0) is 6.42 Å². The summed E-state index contributed by atoms with van der Waals surface area (Å²) in [6, 6.07) is 2.00. The van der Waals surface area contributed by atoms with Gasteiger partial charge in [0, 0.05) is 19.5 Å². The third-order valence-electron chi connectivity index (χ3n) is 1.78. The summed E-state index contributed by atoms with van der Waals surface area (Å²) in [6.07, 6.45) is 2.06. The zero-order chi connectivity index (χ0) is 10.4. The van der Waals surface area contributed by atoms with E-state index in [0.29, 0.717) is 0 Å². The van der Waals surface area contributed by atoms with E-state index in [0.717, 1.165) is 28.8 Å². The third kappa shape index (κ3) is 3.18. The molecule has 0 spiro atoms. The van der Waals surface area contributed by atoms with Gasteiger partial charge in [0.2, 0.25) is 0 Å². The summed E-state index contributed by atoms with van der Waals surface area (Å²) in [5.74, 6) is 2.94. The predicted molar refractivity (Wildman–Crippen MR) is 62.0 cm³/mol. The van der Waals surface area contributed by atoms with Gasteiger partial charge in [-0.1, -0.05) is 13.8 Å². The number of rotatable bonds is 5. The molecule has 1 aromatic heterocycles. The van der Waals surface area contributed by atoms with Gasteiger partial charge < -0.3 is 5.32 Å². The van der Waals surface area contributed by atoms with Gasteiger partial charge in [0.05, 0.1) is 0 Å². The van der Waals surface area contributed by atoms with Crippen molar-refractivity contribution in [3.63, 3.8) is 0 Å². The van der Waals surface area contributed by atoms with E-state index in [4.69, 9.17) is 0 Å². The van der Waals surface area contributed by atoms with Gasteiger partial charge in [0.1, 0.15) is 16.7 Å². The lowest BCUT2D eigenvalue weighted by atomic mass is 10.4. The quantitative estimate of drug-likeness (QED) is 0.600. The molecule has 0 amide bonds. The molecular weight excluding hydrogens is 194 g/mol. The Hall–Kier alpha value is -0.770. The first-order valence-corrected chi connectivity index (χ1v) is 5.97. The molecule has 0 aromatic carbocycles. The van der Waals surface area contributed by atoms with Gasteiger partial charge in [-0.05, 0) is 12.2 Å². The second-order valence-corrected chi connectivity index (χ2v) is 4.07. The highest BCUT2D eigenvalue weighted by Gasteiger charge is 2.02. The Labute approximate surface area is 89.7 Å². The van der Waals surface area contributed by atoms with E-state index in [1.807, 2.05) is 13.1 Å². The first kappa shape index (κ1) is 11.3. The van der Waals surface area contributed by atoms with Crippen molar-refractivity contribution >= 4 is 17.6 Å². The summed E-state index contributed by atoms with van der Waals surface area (Å²) in [4.78, 5) is 8.79. The number of hydrogen-bond acceptors (Lipinski definition) is 4. The van der Waals surface area contributed by atoms with E-state index in [-0.39, 0.29) is 0 Å². The number of anilines is 1. The summed E-state index contributed by atoms with van der Waals surface area (Å²) < 4.78 is 0. The third-order valence-corrected chi connectivity index (χ3v) is 2.89. The van der Waals surface area contributed by atoms with Crippen molar-refractivity contribution in [2.75, 3.05) is 18.1 Å². The van der Waals surface area contributed by atoms with Crippen LogP contribution in [0.15, 0.2) is 11.1 Å². The first-order valence-electron chi connectivity index (χ1n) is 4.98. The molecule has 0 atom stereocenters. The van der Waals surface area contributed by atoms with Crippen LogP contribution < -0.4 is 5.32 Å². The standard InChI is InChI=1S/C10H17N3S/c1-4-6-14-10-7-9(11-3)12-8(5-2)13-10/h7H,4-6H2,1-3H3,(H,11,12,13). The van der Waals surface area contributed by atoms with Crippen LogP contribution in [-0.4, -0.2) is 22.8 Å². The molecule has 0 aliphatic carbocycles. The highest BCUT2D eigenvalue weighted by molar-refractivity contribution is 7.99. The van der Waals surface area contributed by atoms with Crippen molar-refractivity contribution in [1.29, 1.82) is 0 Å². The second kappa shape index (κ2) is 5.86. The minimum absolute atomic E-state index is 0.884. The van der Waals surface area contributed by atoms with Crippen molar-refractivity contribution in [3.8, 4) is 0 Å². The van der Waals surface area contributed by atoms with E-state index < -0.39 is 0 Å². The molecule has 78 valence electrons. The van der Waals surface area contributed by atoms with Crippen LogP contribution in [0.4, 0.5) is 5.82 Å². The van der Waals surface area contributed by atoms with Crippen molar-refractivity contribution < 1.29 is 0 Å². The lowest BCUT2D eigenvalue weighted by Gasteiger charge is -2.05. The monoisotopic (exact) mass is 211 g/mol. The SMILES string of the molecule is CCCSc1cc(NC)nc(CC)n1. The molecular formula is C10H17N3S. The van der Waals surface area contributed by atoms with Crippen molar-refractivity contribution in [1.82, 2.24) is 9.97 Å². The number of nitrogens with zero attached hydrogens (tertiary/aromatic N) is 2. The second-order valence-electron chi connectivity index (χ2n) is 2.96. The number of aromatic nitrogens is 2. The number of nitrogens with one attached hydrogen (secondary N) is 1. The molecule has 4 heteroatoms. The van der Waals surface area contributed by atoms with Crippen molar-refractivity contribution in [3.05, 3.63) is 11.9 Å². The maximum atomic E-state index is 4.45. The van der Waals surface area contributed by atoms with Crippen LogP contribution in [0.25, 0.3) is 0 Å². The lowest BCUT2D eigenvalue weighted by molar-refractivity contribution is 0.890. The summed E-state index contributed by atoms with van der Waals surface area (Å²) in [6.45, 7) is 4.25. The molecule has 14 heavy (non-hydrogen) atoms. The average Bonchev–Trinajstić information content (AvgIpc) is 2.25. The van der Waals surface area contributed by atoms with Crippen LogP contribution >= 0.6 is 11.8 Å². The Bertz CT molecular complexity index is 266. The summed E-state index contributed by atoms with van der Waals surface area (Å²) >= 11 is 1.79. The van der Waals surface area contributed by atoms with E-state index in [2.05, 4.69) is 29.1 Å². The molecule has 0 unspecified atom stereocenters. The van der Waals surface area contributed by atoms with E-state index in [9.17, 15) is 0 Å². The molecule has 0 aliphatic rings. The molecule has 0 fully saturated rings. The van der Waals surface area contributed by atoms with E-state index in [1.54, 1.807) is 11.8 Å². The van der Waals surface area contributed by atoms with Gasteiger partial charge in [-0.15, -0.1) is 11.8 Å². The number of thioether (sulfide) groups is 1. The molecule has 0 saturated carbocycles. The lowest BCUT2D eigenvalue weighted by Crippen LogP contribution is -2.00. The minimum atomic E-state index is 0.884. The van der Waals surface area contributed by atoms with Crippen LogP contribution in [0, 0.1) is 0 Å². The Morgan fingerprint density at radius 2 is 2.14 bits per heavy atom. The Kier molecular flexibility index (Phi) is 4.73. The maximum Gasteiger partial charge on any atom is 0.131 e. The predicted octanol–water partition coefficient (Wildman–Crippen LogP) is 2.58. The van der Waals surface area contributed by atoms with Gasteiger partial charge in [0.25, 0.3) is 0 Å². The Morgan fingerprint density at radius 1 is 1.36 bits per heavy atom. The van der Waals surface area contributed by atoms with Crippen LogP contribution in [0.5, 0.6) is 0 Å². The van der Waals surface area contributed by atoms with Gasteiger partial charge in [-0.25, -0.2) is 9.97 Å². The van der Waals surface area contributed by atoms with Crippen molar-refractivity contribution in [2.24, 2.45) is 0 Å². The topological polar surface area (TPSA) is 37.8 Å². The average molecular weight is 211 g/mol. The molecule has 1 aromatic rings. The first-order chi connectivity index (χ1) is 6.80. The molecule has 1 N–H and O–H groups in total. The normalized spacial score (nSPS) is 10.2. The van der Waals surface area contributed by atoms with Crippen LogP contribution in [0.1, 0.15) is 26.1 Å². The zero-order valence-electron chi connectivity index (χ0n) is 9.00. The Morgan fingerprint density at radius 3 is 2.71 bits per heavy atom.